The molecule has 2 N–H and O–H groups in total. The third-order valence-electron chi connectivity index (χ3n) is 6.61. The summed E-state index contributed by atoms with van der Waals surface area (Å²) >= 11 is 7.59. The highest BCUT2D eigenvalue weighted by Gasteiger charge is 2.24. The molecule has 1 atom stereocenters. The molecule has 1 aliphatic heterocycles. The number of aryl methyl sites for hydroxylation is 1. The number of imidazole rings is 1. The summed E-state index contributed by atoms with van der Waals surface area (Å²) in [6, 6.07) is 10.9. The van der Waals surface area contributed by atoms with Crippen LogP contribution in [0.25, 0.3) is 21.3 Å². The van der Waals surface area contributed by atoms with E-state index in [1.54, 1.807) is 12.1 Å². The molecular formula is C26H30ClN7O2S. The Labute approximate surface area is 224 Å². The van der Waals surface area contributed by atoms with Crippen LogP contribution in [-0.2, 0) is 11.8 Å². The number of anilines is 2. The number of hydrogen-bond acceptors (Lipinski definition) is 7. The Bertz CT molecular complexity index is 1460. The molecule has 0 radical (unpaired) electrons. The number of nitrogens with zero attached hydrogens (tertiary/aromatic N) is 5. The number of benzene rings is 2. The van der Waals surface area contributed by atoms with Gasteiger partial charge in [0.15, 0.2) is 5.13 Å². The predicted octanol–water partition coefficient (Wildman–Crippen LogP) is 4.11. The lowest BCUT2D eigenvalue weighted by molar-refractivity contribution is -0.132. The molecule has 1 fully saturated rings. The number of amides is 2. The number of fused-ring (bicyclic) bond motifs is 2. The van der Waals surface area contributed by atoms with Crippen LogP contribution >= 0.6 is 22.9 Å². The second-order valence-corrected chi connectivity index (χ2v) is 11.2. The summed E-state index contributed by atoms with van der Waals surface area (Å²) in [4.78, 5) is 38.9. The van der Waals surface area contributed by atoms with E-state index in [-0.39, 0.29) is 18.4 Å². The van der Waals surface area contributed by atoms with Crippen LogP contribution in [0.3, 0.4) is 0 Å². The first kappa shape index (κ1) is 25.4. The van der Waals surface area contributed by atoms with E-state index in [9.17, 15) is 9.59 Å². The molecule has 2 amide bonds. The van der Waals surface area contributed by atoms with Crippen LogP contribution in [0, 0.1) is 5.92 Å². The van der Waals surface area contributed by atoms with E-state index in [2.05, 4.69) is 39.6 Å². The third-order valence-corrected chi connectivity index (χ3v) is 7.78. The Balaban J connectivity index is 1.24. The summed E-state index contributed by atoms with van der Waals surface area (Å²) in [7, 11) is 6.01. The summed E-state index contributed by atoms with van der Waals surface area (Å²) in [5.74, 6) is 0.753. The van der Waals surface area contributed by atoms with Crippen molar-refractivity contribution < 1.29 is 9.59 Å². The molecule has 0 saturated carbocycles. The van der Waals surface area contributed by atoms with Gasteiger partial charge < -0.3 is 25.0 Å². The minimum atomic E-state index is -0.291. The average Bonchev–Trinajstić information content (AvgIpc) is 3.41. The topological polar surface area (TPSA) is 95.4 Å². The molecular weight excluding hydrogens is 510 g/mol. The number of aromatic nitrogens is 3. The Morgan fingerprint density at radius 2 is 2.00 bits per heavy atom. The first-order valence-corrected chi connectivity index (χ1v) is 13.5. The van der Waals surface area contributed by atoms with Gasteiger partial charge in [0.1, 0.15) is 0 Å². The van der Waals surface area contributed by atoms with Crippen LogP contribution in [0.15, 0.2) is 36.4 Å². The first-order chi connectivity index (χ1) is 17.8. The van der Waals surface area contributed by atoms with Gasteiger partial charge in [0.2, 0.25) is 11.9 Å². The van der Waals surface area contributed by atoms with Gasteiger partial charge in [0.25, 0.3) is 5.91 Å². The minimum absolute atomic E-state index is 0.0117. The number of piperidine rings is 1. The standard InChI is InChI=1S/C26H30ClN7O2S/c1-32(2)14-16-5-4-10-34(15-16)23(35)13-28-24(36)17-6-9-21-20(11-17)29-25(33(21)3)31-26-30-19-8-7-18(27)12-22(19)37-26/h6-9,11-12,16H,4-5,10,13-15H2,1-3H3,(H,28,36)(H,29,30,31). The molecule has 1 aliphatic rings. The molecule has 11 heteroatoms. The molecule has 0 aliphatic carbocycles. The fraction of sp³-hybridized carbons (Fsp3) is 0.385. The van der Waals surface area contributed by atoms with Gasteiger partial charge in [0, 0.05) is 37.3 Å². The van der Waals surface area contributed by atoms with Gasteiger partial charge in [-0.25, -0.2) is 9.97 Å². The monoisotopic (exact) mass is 539 g/mol. The zero-order valence-corrected chi connectivity index (χ0v) is 22.7. The second kappa shape index (κ2) is 10.6. The molecule has 1 unspecified atom stereocenters. The number of hydrogen-bond donors (Lipinski definition) is 2. The van der Waals surface area contributed by atoms with Crippen LogP contribution in [0.5, 0.6) is 0 Å². The van der Waals surface area contributed by atoms with Crippen LogP contribution < -0.4 is 10.6 Å². The molecule has 4 aromatic rings. The van der Waals surface area contributed by atoms with Crippen molar-refractivity contribution >= 4 is 67.1 Å². The SMILES string of the molecule is CN(C)CC1CCCN(C(=O)CNC(=O)c2ccc3c(c2)nc(Nc2nc4ccc(Cl)cc4s2)n3C)C1. The molecule has 194 valence electrons. The quantitative estimate of drug-likeness (QED) is 0.367. The summed E-state index contributed by atoms with van der Waals surface area (Å²) in [5.41, 5.74) is 2.88. The normalized spacial score (nSPS) is 16.0. The van der Waals surface area contributed by atoms with Gasteiger partial charge in [-0.2, -0.15) is 0 Å². The van der Waals surface area contributed by atoms with E-state index in [1.165, 1.54) is 11.3 Å². The number of nitrogens with one attached hydrogen (secondary N) is 2. The Hall–Kier alpha value is -3.21. The van der Waals surface area contributed by atoms with E-state index in [0.717, 1.165) is 48.2 Å². The van der Waals surface area contributed by atoms with Crippen molar-refractivity contribution in [3.05, 3.63) is 47.0 Å². The molecule has 37 heavy (non-hydrogen) atoms. The van der Waals surface area contributed by atoms with Crippen LogP contribution in [0.1, 0.15) is 23.2 Å². The maximum atomic E-state index is 12.8. The molecule has 2 aromatic heterocycles. The van der Waals surface area contributed by atoms with Crippen molar-refractivity contribution in [3.8, 4) is 0 Å². The lowest BCUT2D eigenvalue weighted by Crippen LogP contribution is -2.46. The number of carbonyl (C=O) groups excluding carboxylic acids is 2. The Morgan fingerprint density at radius 1 is 1.16 bits per heavy atom. The van der Waals surface area contributed by atoms with Crippen molar-refractivity contribution in [2.24, 2.45) is 13.0 Å². The Kier molecular flexibility index (Phi) is 7.32. The van der Waals surface area contributed by atoms with E-state index in [4.69, 9.17) is 11.6 Å². The van der Waals surface area contributed by atoms with Crippen LogP contribution in [-0.4, -0.2) is 76.4 Å². The summed E-state index contributed by atoms with van der Waals surface area (Å²) in [5, 5.41) is 7.44. The number of carbonyl (C=O) groups is 2. The number of rotatable bonds is 7. The molecule has 0 spiro atoms. The zero-order chi connectivity index (χ0) is 26.1. The number of halogens is 1. The summed E-state index contributed by atoms with van der Waals surface area (Å²) in [6.45, 7) is 2.44. The number of thiazole rings is 1. The molecule has 9 nitrogen and oxygen atoms in total. The largest absolute Gasteiger partial charge is 0.343 e. The van der Waals surface area contributed by atoms with Gasteiger partial charge in [-0.05, 0) is 69.3 Å². The van der Waals surface area contributed by atoms with E-state index in [1.807, 2.05) is 40.8 Å². The molecule has 3 heterocycles. The van der Waals surface area contributed by atoms with Gasteiger partial charge in [-0.15, -0.1) is 0 Å². The van der Waals surface area contributed by atoms with Crippen molar-refractivity contribution in [1.29, 1.82) is 0 Å². The number of likely N-dealkylation sites (tertiary alicyclic amines) is 1. The molecule has 0 bridgehead atoms. The van der Waals surface area contributed by atoms with E-state index >= 15 is 0 Å². The lowest BCUT2D eigenvalue weighted by atomic mass is 9.97. The van der Waals surface area contributed by atoms with Crippen LogP contribution in [0.4, 0.5) is 11.1 Å². The van der Waals surface area contributed by atoms with Gasteiger partial charge in [0.05, 0.1) is 27.8 Å². The summed E-state index contributed by atoms with van der Waals surface area (Å²) < 4.78 is 2.90. The first-order valence-electron chi connectivity index (χ1n) is 12.3. The highest BCUT2D eigenvalue weighted by Crippen LogP contribution is 2.31. The lowest BCUT2D eigenvalue weighted by Gasteiger charge is -2.34. The highest BCUT2D eigenvalue weighted by molar-refractivity contribution is 7.22. The summed E-state index contributed by atoms with van der Waals surface area (Å²) in [6.07, 6.45) is 2.12. The van der Waals surface area contributed by atoms with Crippen molar-refractivity contribution in [3.63, 3.8) is 0 Å². The molecule has 2 aromatic carbocycles. The smallest absolute Gasteiger partial charge is 0.251 e. The van der Waals surface area contributed by atoms with E-state index < -0.39 is 0 Å². The zero-order valence-electron chi connectivity index (χ0n) is 21.1. The molecule has 5 rings (SSSR count). The van der Waals surface area contributed by atoms with Crippen molar-refractivity contribution in [1.82, 2.24) is 29.7 Å². The third kappa shape index (κ3) is 5.71. The average molecular weight is 540 g/mol. The minimum Gasteiger partial charge on any atom is -0.343 e. The highest BCUT2D eigenvalue weighted by atomic mass is 35.5. The van der Waals surface area contributed by atoms with Gasteiger partial charge in [-0.1, -0.05) is 22.9 Å². The van der Waals surface area contributed by atoms with Crippen LogP contribution in [0.2, 0.25) is 5.02 Å². The van der Waals surface area contributed by atoms with Crippen molar-refractivity contribution in [2.75, 3.05) is 45.6 Å². The molecule has 1 saturated heterocycles. The fourth-order valence-electron chi connectivity index (χ4n) is 4.83. The predicted molar refractivity (Wildman–Crippen MR) is 149 cm³/mol. The van der Waals surface area contributed by atoms with Crippen molar-refractivity contribution in [2.45, 2.75) is 12.8 Å². The Morgan fingerprint density at radius 3 is 2.81 bits per heavy atom. The maximum absolute atomic E-state index is 12.8. The van der Waals surface area contributed by atoms with Gasteiger partial charge >= 0.3 is 0 Å². The van der Waals surface area contributed by atoms with Gasteiger partial charge in [-0.3, -0.25) is 9.59 Å². The fourth-order valence-corrected chi connectivity index (χ4v) is 5.96. The second-order valence-electron chi connectivity index (χ2n) is 9.75. The maximum Gasteiger partial charge on any atom is 0.251 e. The van der Waals surface area contributed by atoms with E-state index in [0.29, 0.717) is 33.1 Å².